The number of hydrogen-bond acceptors (Lipinski definition) is 6. The topological polar surface area (TPSA) is 87.7 Å². The Bertz CT molecular complexity index is 1120. The summed E-state index contributed by atoms with van der Waals surface area (Å²) in [5, 5.41) is 3.46. The third-order valence-electron chi connectivity index (χ3n) is 8.27. The van der Waals surface area contributed by atoms with E-state index in [1.54, 1.807) is 12.3 Å². The fourth-order valence-electron chi connectivity index (χ4n) is 5.92. The number of aromatic nitrogens is 2. The average Bonchev–Trinajstić information content (AvgIpc) is 2.90. The number of hydrogen-bond donors (Lipinski definition) is 1. The van der Waals surface area contributed by atoms with Crippen LogP contribution in [0, 0.1) is 26.7 Å². The lowest BCUT2D eigenvalue weighted by atomic mass is 9.94. The van der Waals surface area contributed by atoms with Crippen LogP contribution in [0.5, 0.6) is 0 Å². The molecule has 1 atom stereocenters. The van der Waals surface area contributed by atoms with Crippen LogP contribution in [0.25, 0.3) is 0 Å². The second kappa shape index (κ2) is 13.7. The average molecular weight is 556 g/mol. The number of halogens is 1. The monoisotopic (exact) mass is 555 g/mol. The Hall–Kier alpha value is -2.55. The van der Waals surface area contributed by atoms with Gasteiger partial charge in [-0.15, -0.1) is 0 Å². The number of ether oxygens (including phenoxy) is 1. The number of amides is 2. The van der Waals surface area contributed by atoms with E-state index in [1.807, 2.05) is 31.0 Å². The molecule has 0 aliphatic carbocycles. The molecule has 0 bridgehead atoms. The second-order valence-corrected chi connectivity index (χ2v) is 11.5. The van der Waals surface area contributed by atoms with Crippen molar-refractivity contribution in [1.29, 1.82) is 0 Å². The summed E-state index contributed by atoms with van der Waals surface area (Å²) in [5.41, 5.74) is 4.10. The van der Waals surface area contributed by atoms with Crippen molar-refractivity contribution in [2.45, 2.75) is 78.3 Å². The van der Waals surface area contributed by atoms with Gasteiger partial charge in [0.05, 0.1) is 23.1 Å². The van der Waals surface area contributed by atoms with Crippen LogP contribution in [0.3, 0.4) is 0 Å². The molecule has 212 valence electrons. The quantitative estimate of drug-likeness (QED) is 0.444. The van der Waals surface area contributed by atoms with E-state index in [-0.39, 0.29) is 17.9 Å². The smallest absolute Gasteiger partial charge is 0.253 e. The minimum atomic E-state index is -0.106. The van der Waals surface area contributed by atoms with Gasteiger partial charge in [-0.3, -0.25) is 14.6 Å². The number of pyridine rings is 2. The minimum Gasteiger partial charge on any atom is -0.381 e. The van der Waals surface area contributed by atoms with Crippen molar-refractivity contribution in [3.63, 3.8) is 0 Å². The number of aryl methyl sites for hydroxylation is 3. The molecule has 2 amide bonds. The summed E-state index contributed by atoms with van der Waals surface area (Å²) in [6.07, 6.45) is 8.78. The Kier molecular flexibility index (Phi) is 10.3. The maximum atomic E-state index is 13.7. The molecule has 0 aromatic carbocycles. The molecule has 2 aromatic rings. The normalized spacial score (nSPS) is 18.1. The lowest BCUT2D eigenvalue weighted by molar-refractivity contribution is -0.120. The molecule has 0 unspecified atom stereocenters. The van der Waals surface area contributed by atoms with E-state index in [4.69, 9.17) is 16.3 Å². The molecule has 2 aliphatic rings. The van der Waals surface area contributed by atoms with Crippen LogP contribution in [-0.4, -0.2) is 71.6 Å². The highest BCUT2D eigenvalue weighted by molar-refractivity contribution is 6.29. The molecule has 1 N–H and O–H groups in total. The van der Waals surface area contributed by atoms with Gasteiger partial charge < -0.3 is 19.9 Å². The molecule has 2 fully saturated rings. The van der Waals surface area contributed by atoms with Gasteiger partial charge in [0.2, 0.25) is 5.91 Å². The highest BCUT2D eigenvalue weighted by atomic mass is 35.5. The summed E-state index contributed by atoms with van der Waals surface area (Å²) in [5.74, 6) is 0.484. The predicted molar refractivity (Wildman–Crippen MR) is 154 cm³/mol. The number of nitrogens with one attached hydrogen (secondary N) is 1. The van der Waals surface area contributed by atoms with E-state index in [2.05, 4.69) is 34.0 Å². The highest BCUT2D eigenvalue weighted by Gasteiger charge is 2.32. The van der Waals surface area contributed by atoms with E-state index in [0.29, 0.717) is 41.3 Å². The van der Waals surface area contributed by atoms with Gasteiger partial charge >= 0.3 is 0 Å². The number of nitrogens with zero attached hydrogens (tertiary/aromatic N) is 4. The van der Waals surface area contributed by atoms with E-state index in [9.17, 15) is 9.59 Å². The Morgan fingerprint density at radius 1 is 1.15 bits per heavy atom. The first-order valence-corrected chi connectivity index (χ1v) is 14.6. The highest BCUT2D eigenvalue weighted by Crippen LogP contribution is 2.30. The van der Waals surface area contributed by atoms with Crippen LogP contribution in [0.2, 0.25) is 5.15 Å². The van der Waals surface area contributed by atoms with Crippen molar-refractivity contribution >= 4 is 29.1 Å². The molecular formula is C30H42ClN5O3. The molecule has 9 heteroatoms. The first-order valence-electron chi connectivity index (χ1n) is 14.2. The number of anilines is 1. The van der Waals surface area contributed by atoms with Gasteiger partial charge in [0.15, 0.2) is 0 Å². The third kappa shape index (κ3) is 7.56. The molecule has 4 heterocycles. The first-order chi connectivity index (χ1) is 18.7. The fourth-order valence-corrected chi connectivity index (χ4v) is 6.21. The van der Waals surface area contributed by atoms with Crippen LogP contribution in [0.1, 0.15) is 72.6 Å². The molecule has 0 radical (unpaired) electrons. The molecule has 2 aromatic heterocycles. The summed E-state index contributed by atoms with van der Waals surface area (Å²) >= 11 is 6.01. The van der Waals surface area contributed by atoms with E-state index < -0.39 is 0 Å². The molecule has 0 spiro atoms. The maximum absolute atomic E-state index is 13.7. The molecule has 2 saturated heterocycles. The maximum Gasteiger partial charge on any atom is 0.253 e. The first kappa shape index (κ1) is 29.4. The van der Waals surface area contributed by atoms with Crippen LogP contribution < -0.4 is 10.2 Å². The summed E-state index contributed by atoms with van der Waals surface area (Å²) in [6.45, 7) is 11.9. The van der Waals surface area contributed by atoms with Crippen molar-refractivity contribution < 1.29 is 14.3 Å². The summed E-state index contributed by atoms with van der Waals surface area (Å²) in [4.78, 5) is 39.5. The third-order valence-corrected chi connectivity index (χ3v) is 8.47. The summed E-state index contributed by atoms with van der Waals surface area (Å²) in [6, 6.07) is 4.19. The molecular weight excluding hydrogens is 514 g/mol. The number of rotatable bonds is 9. The van der Waals surface area contributed by atoms with Gasteiger partial charge in [0.25, 0.3) is 5.91 Å². The Labute approximate surface area is 237 Å². The van der Waals surface area contributed by atoms with Gasteiger partial charge in [-0.2, -0.15) is 0 Å². The van der Waals surface area contributed by atoms with Crippen molar-refractivity contribution in [2.75, 3.05) is 37.7 Å². The zero-order valence-corrected chi connectivity index (χ0v) is 24.5. The van der Waals surface area contributed by atoms with Crippen molar-refractivity contribution in [3.05, 3.63) is 52.1 Å². The predicted octanol–water partition coefficient (Wildman–Crippen LogP) is 4.88. The molecule has 4 rings (SSSR count). The van der Waals surface area contributed by atoms with Gasteiger partial charge in [0.1, 0.15) is 5.15 Å². The lowest BCUT2D eigenvalue weighted by Crippen LogP contribution is -2.50. The van der Waals surface area contributed by atoms with Gasteiger partial charge in [0, 0.05) is 57.5 Å². The number of likely N-dealkylation sites (tertiary alicyclic amines) is 1. The second-order valence-electron chi connectivity index (χ2n) is 11.1. The van der Waals surface area contributed by atoms with Crippen LogP contribution >= 0.6 is 11.6 Å². The van der Waals surface area contributed by atoms with Crippen molar-refractivity contribution in [1.82, 2.24) is 20.2 Å². The molecule has 0 saturated carbocycles. The Morgan fingerprint density at radius 3 is 2.54 bits per heavy atom. The fraction of sp³-hybridized carbons (Fsp3) is 0.600. The zero-order valence-electron chi connectivity index (χ0n) is 23.7. The standard InChI is InChI=1S/C30H42ClN5O3/c1-20-5-11-32-19-26(20)36(28(37)18-24-9-15-39-16-10-24)25-7-13-35(14-8-25)22(3)6-12-33-30(38)29-21(2)17-27(31)34-23(29)4/h5,11,17,19,22,24-25H,6-10,12-16,18H2,1-4H3,(H,33,38)/t22-/m1/s1. The van der Waals surface area contributed by atoms with Crippen LogP contribution in [0.15, 0.2) is 24.5 Å². The SMILES string of the molecule is Cc1ccncc1N(C(=O)CC1CCOCC1)C1CCN([C@H](C)CCNC(=O)c2c(C)cc(Cl)nc2C)CC1. The van der Waals surface area contributed by atoms with E-state index >= 15 is 0 Å². The lowest BCUT2D eigenvalue weighted by Gasteiger charge is -2.41. The van der Waals surface area contributed by atoms with Gasteiger partial charge in [-0.25, -0.2) is 4.98 Å². The van der Waals surface area contributed by atoms with Crippen LogP contribution in [-0.2, 0) is 9.53 Å². The van der Waals surface area contributed by atoms with Crippen molar-refractivity contribution in [3.8, 4) is 0 Å². The molecule has 39 heavy (non-hydrogen) atoms. The van der Waals surface area contributed by atoms with Crippen molar-refractivity contribution in [2.24, 2.45) is 5.92 Å². The summed E-state index contributed by atoms with van der Waals surface area (Å²) in [7, 11) is 0. The number of carbonyl (C=O) groups excluding carboxylic acids is 2. The number of piperidine rings is 1. The number of carbonyl (C=O) groups is 2. The molecule has 2 aliphatic heterocycles. The minimum absolute atomic E-state index is 0.106. The van der Waals surface area contributed by atoms with Crippen LogP contribution in [0.4, 0.5) is 5.69 Å². The zero-order chi connectivity index (χ0) is 27.9. The Morgan fingerprint density at radius 2 is 1.87 bits per heavy atom. The summed E-state index contributed by atoms with van der Waals surface area (Å²) < 4.78 is 5.50. The van der Waals surface area contributed by atoms with E-state index in [1.165, 1.54) is 0 Å². The largest absolute Gasteiger partial charge is 0.381 e. The molecule has 8 nitrogen and oxygen atoms in total. The van der Waals surface area contributed by atoms with Gasteiger partial charge in [-0.05, 0) is 89.0 Å². The van der Waals surface area contributed by atoms with E-state index in [0.717, 1.165) is 75.2 Å². The van der Waals surface area contributed by atoms with Gasteiger partial charge in [-0.1, -0.05) is 11.6 Å². The Balaban J connectivity index is 1.32.